The van der Waals surface area contributed by atoms with Crippen molar-refractivity contribution < 1.29 is 9.59 Å². The molecule has 4 heterocycles. The van der Waals surface area contributed by atoms with Crippen molar-refractivity contribution in [1.29, 1.82) is 0 Å². The molecular weight excluding hydrogens is 344 g/mol. The van der Waals surface area contributed by atoms with Crippen LogP contribution in [0.3, 0.4) is 0 Å². The molecule has 2 aromatic rings. The molecule has 1 aromatic heterocycles. The van der Waals surface area contributed by atoms with Gasteiger partial charge >= 0.3 is 0 Å². The number of hydrogen-bond donors (Lipinski definition) is 1. The summed E-state index contributed by atoms with van der Waals surface area (Å²) >= 11 is 1.51. The van der Waals surface area contributed by atoms with Gasteiger partial charge in [0, 0.05) is 22.5 Å². The highest BCUT2D eigenvalue weighted by molar-refractivity contribution is 7.17. The number of thiophene rings is 1. The summed E-state index contributed by atoms with van der Waals surface area (Å²) in [6.07, 6.45) is 2.38. The molecule has 3 saturated heterocycles. The number of carbonyl (C=O) groups is 2. The Kier molecular flexibility index (Phi) is 4.67. The molecule has 5 rings (SSSR count). The summed E-state index contributed by atoms with van der Waals surface area (Å²) in [6.45, 7) is 6.12. The van der Waals surface area contributed by atoms with Gasteiger partial charge in [-0.3, -0.25) is 14.5 Å². The SMILES string of the molecule is CC(=O)c1ccc(-c2ccc(C(=O)N[C@@H]3C4CCN(CC4)[C@H]3C)s2)cc1. The van der Waals surface area contributed by atoms with Gasteiger partial charge in [0.1, 0.15) is 0 Å². The van der Waals surface area contributed by atoms with Gasteiger partial charge in [-0.05, 0) is 63.4 Å². The summed E-state index contributed by atoms with van der Waals surface area (Å²) in [5, 5.41) is 3.29. The molecule has 1 aromatic carbocycles. The zero-order valence-corrected chi connectivity index (χ0v) is 16.0. The molecule has 26 heavy (non-hydrogen) atoms. The lowest BCUT2D eigenvalue weighted by atomic mass is 9.79. The maximum Gasteiger partial charge on any atom is 0.261 e. The van der Waals surface area contributed by atoms with Crippen molar-refractivity contribution in [3.63, 3.8) is 0 Å². The molecule has 3 aliphatic heterocycles. The Hall–Kier alpha value is -1.98. The fourth-order valence-electron chi connectivity index (χ4n) is 4.25. The molecule has 5 heteroatoms. The lowest BCUT2D eigenvalue weighted by molar-refractivity contribution is 0.0218. The van der Waals surface area contributed by atoms with Gasteiger partial charge in [-0.2, -0.15) is 0 Å². The van der Waals surface area contributed by atoms with Crippen LogP contribution in [0.15, 0.2) is 36.4 Å². The van der Waals surface area contributed by atoms with Crippen LogP contribution in [-0.4, -0.2) is 41.8 Å². The quantitative estimate of drug-likeness (QED) is 0.835. The third kappa shape index (κ3) is 3.21. The van der Waals surface area contributed by atoms with Crippen molar-refractivity contribution in [2.75, 3.05) is 13.1 Å². The second-order valence-electron chi connectivity index (χ2n) is 7.41. The van der Waals surface area contributed by atoms with Gasteiger partial charge in [-0.15, -0.1) is 11.3 Å². The first-order chi connectivity index (χ1) is 12.5. The van der Waals surface area contributed by atoms with Crippen molar-refractivity contribution in [1.82, 2.24) is 10.2 Å². The average Bonchev–Trinajstić information content (AvgIpc) is 3.15. The molecule has 136 valence electrons. The molecule has 0 saturated carbocycles. The number of piperidine rings is 3. The zero-order valence-electron chi connectivity index (χ0n) is 15.2. The van der Waals surface area contributed by atoms with Crippen LogP contribution in [0.4, 0.5) is 0 Å². The van der Waals surface area contributed by atoms with Gasteiger partial charge in [0.2, 0.25) is 0 Å². The minimum Gasteiger partial charge on any atom is -0.347 e. The van der Waals surface area contributed by atoms with Gasteiger partial charge in [0.25, 0.3) is 5.91 Å². The monoisotopic (exact) mass is 368 g/mol. The molecule has 0 unspecified atom stereocenters. The maximum atomic E-state index is 12.8. The fraction of sp³-hybridized carbons (Fsp3) is 0.429. The summed E-state index contributed by atoms with van der Waals surface area (Å²) in [4.78, 5) is 28.4. The molecule has 1 amide bonds. The van der Waals surface area contributed by atoms with Crippen LogP contribution in [0.25, 0.3) is 10.4 Å². The third-order valence-electron chi connectivity index (χ3n) is 5.88. The van der Waals surface area contributed by atoms with E-state index in [4.69, 9.17) is 0 Å². The molecule has 4 nitrogen and oxygen atoms in total. The van der Waals surface area contributed by atoms with E-state index >= 15 is 0 Å². The number of fused-ring (bicyclic) bond motifs is 3. The van der Waals surface area contributed by atoms with Gasteiger partial charge in [-0.25, -0.2) is 0 Å². The lowest BCUT2D eigenvalue weighted by Gasteiger charge is -2.49. The highest BCUT2D eigenvalue weighted by Gasteiger charge is 2.40. The molecule has 1 N–H and O–H groups in total. The third-order valence-corrected chi connectivity index (χ3v) is 7.01. The highest BCUT2D eigenvalue weighted by atomic mass is 32.1. The molecular formula is C21H24N2O2S. The van der Waals surface area contributed by atoms with E-state index in [1.54, 1.807) is 6.92 Å². The highest BCUT2D eigenvalue weighted by Crippen LogP contribution is 2.33. The van der Waals surface area contributed by atoms with Crippen molar-refractivity contribution in [3.8, 4) is 10.4 Å². The minimum atomic E-state index is 0.0345. The number of amides is 1. The van der Waals surface area contributed by atoms with Crippen LogP contribution in [0.1, 0.15) is 46.7 Å². The Bertz CT molecular complexity index is 817. The van der Waals surface area contributed by atoms with Gasteiger partial charge < -0.3 is 5.32 Å². The number of nitrogens with zero attached hydrogens (tertiary/aromatic N) is 1. The Labute approximate surface area is 158 Å². The number of hydrogen-bond acceptors (Lipinski definition) is 4. The second-order valence-corrected chi connectivity index (χ2v) is 8.49. The largest absolute Gasteiger partial charge is 0.347 e. The Morgan fingerprint density at radius 1 is 1.08 bits per heavy atom. The first kappa shape index (κ1) is 17.4. The van der Waals surface area contributed by atoms with E-state index in [9.17, 15) is 9.59 Å². The van der Waals surface area contributed by atoms with E-state index in [0.29, 0.717) is 17.5 Å². The standard InChI is InChI=1S/C21H24N2O2S/c1-13-20(17-9-11-23(13)12-10-17)22-21(25)19-8-7-18(26-19)16-5-3-15(4-6-16)14(2)24/h3-8,13,17,20H,9-12H2,1-2H3,(H,22,25)/t13-,20-/m0/s1. The predicted octanol–water partition coefficient (Wildman–Crippen LogP) is 3.83. The number of Topliss-reactive ketones (excluding diaryl/α,β-unsaturated/α-hetero) is 1. The van der Waals surface area contributed by atoms with Gasteiger partial charge in [-0.1, -0.05) is 24.3 Å². The average molecular weight is 369 g/mol. The fourth-order valence-corrected chi connectivity index (χ4v) is 5.17. The molecule has 3 aliphatic rings. The first-order valence-corrected chi connectivity index (χ1v) is 10.1. The number of ketones is 1. The van der Waals surface area contributed by atoms with Crippen LogP contribution in [-0.2, 0) is 0 Å². The van der Waals surface area contributed by atoms with Crippen LogP contribution in [0.2, 0.25) is 0 Å². The van der Waals surface area contributed by atoms with Crippen molar-refractivity contribution in [2.24, 2.45) is 5.92 Å². The molecule has 3 fully saturated rings. The number of carbonyl (C=O) groups excluding carboxylic acids is 2. The van der Waals surface area contributed by atoms with E-state index in [1.807, 2.05) is 36.4 Å². The van der Waals surface area contributed by atoms with E-state index in [0.717, 1.165) is 28.4 Å². The van der Waals surface area contributed by atoms with Crippen molar-refractivity contribution >= 4 is 23.0 Å². The van der Waals surface area contributed by atoms with Crippen molar-refractivity contribution in [3.05, 3.63) is 46.8 Å². The van der Waals surface area contributed by atoms with E-state index in [-0.39, 0.29) is 17.7 Å². The van der Waals surface area contributed by atoms with E-state index < -0.39 is 0 Å². The normalized spacial score (nSPS) is 27.3. The molecule has 0 spiro atoms. The van der Waals surface area contributed by atoms with Crippen LogP contribution >= 0.6 is 11.3 Å². The molecule has 0 aliphatic carbocycles. The van der Waals surface area contributed by atoms with E-state index in [2.05, 4.69) is 17.1 Å². The summed E-state index contributed by atoms with van der Waals surface area (Å²) in [5.74, 6) is 0.708. The minimum absolute atomic E-state index is 0.0345. The molecule has 2 atom stereocenters. The van der Waals surface area contributed by atoms with E-state index in [1.165, 1.54) is 24.2 Å². The maximum absolute atomic E-state index is 12.8. The smallest absolute Gasteiger partial charge is 0.261 e. The van der Waals surface area contributed by atoms with Crippen LogP contribution in [0.5, 0.6) is 0 Å². The number of rotatable bonds is 4. The molecule has 2 bridgehead atoms. The Morgan fingerprint density at radius 3 is 2.38 bits per heavy atom. The van der Waals surface area contributed by atoms with Gasteiger partial charge in [0.05, 0.1) is 4.88 Å². The lowest BCUT2D eigenvalue weighted by Crippen LogP contribution is -2.62. The summed E-state index contributed by atoms with van der Waals surface area (Å²) < 4.78 is 0. The topological polar surface area (TPSA) is 49.4 Å². The number of nitrogens with one attached hydrogen (secondary N) is 1. The molecule has 0 radical (unpaired) electrons. The number of benzene rings is 1. The van der Waals surface area contributed by atoms with Crippen molar-refractivity contribution in [2.45, 2.75) is 38.8 Å². The zero-order chi connectivity index (χ0) is 18.3. The van der Waals surface area contributed by atoms with Gasteiger partial charge in [0.15, 0.2) is 5.78 Å². The first-order valence-electron chi connectivity index (χ1n) is 9.29. The second kappa shape index (κ2) is 6.97. The Balaban J connectivity index is 1.47. The predicted molar refractivity (Wildman–Crippen MR) is 105 cm³/mol. The summed E-state index contributed by atoms with van der Waals surface area (Å²) in [6, 6.07) is 12.1. The summed E-state index contributed by atoms with van der Waals surface area (Å²) in [5.41, 5.74) is 1.75. The van der Waals surface area contributed by atoms with Crippen LogP contribution in [0, 0.1) is 5.92 Å². The Morgan fingerprint density at radius 2 is 1.77 bits per heavy atom. The summed E-state index contributed by atoms with van der Waals surface area (Å²) in [7, 11) is 0. The van der Waals surface area contributed by atoms with Crippen LogP contribution < -0.4 is 5.32 Å².